The van der Waals surface area contributed by atoms with Crippen LogP contribution in [-0.4, -0.2) is 33.6 Å². The number of carbonyl (C=O) groups is 1. The van der Waals surface area contributed by atoms with Gasteiger partial charge in [0.1, 0.15) is 0 Å². The number of urea groups is 1. The summed E-state index contributed by atoms with van der Waals surface area (Å²) in [7, 11) is 0. The topological polar surface area (TPSA) is 70.5 Å². The van der Waals surface area contributed by atoms with Crippen molar-refractivity contribution in [1.29, 1.82) is 0 Å². The molecule has 38 heavy (non-hydrogen) atoms. The minimum atomic E-state index is -1.05. The molecule has 0 saturated carbocycles. The molecule has 7 nitrogen and oxygen atoms in total. The number of hydrogen-bond acceptors (Lipinski definition) is 4. The summed E-state index contributed by atoms with van der Waals surface area (Å²) in [6.45, 7) is 1.79. The Bertz CT molecular complexity index is 1590. The largest absolute Gasteiger partial charge is 0.337 e. The molecule has 3 heterocycles. The summed E-state index contributed by atoms with van der Waals surface area (Å²) >= 11 is 0. The Morgan fingerprint density at radius 2 is 1.61 bits per heavy atom. The van der Waals surface area contributed by atoms with E-state index in [-0.39, 0.29) is 17.8 Å². The second-order valence-electron chi connectivity index (χ2n) is 9.48. The summed E-state index contributed by atoms with van der Waals surface area (Å²) in [6.07, 6.45) is 1.26. The number of aromatic nitrogens is 2. The van der Waals surface area contributed by atoms with Gasteiger partial charge in [-0.15, -0.1) is 0 Å². The molecule has 0 unspecified atom stereocenters. The van der Waals surface area contributed by atoms with Crippen LogP contribution < -0.4 is 15.8 Å². The predicted molar refractivity (Wildman–Crippen MR) is 141 cm³/mol. The standard InChI is InChI=1S/C29H25F2N5O2/c30-24-11-10-21(16-25(24)31)32-29(38)35-15-13-26-23(18-35)27(37)36(22-8-2-1-3-9-22)28(33-26)34-14-12-19-6-4-5-7-20(19)17-34/h1-11,16H,12-15,17-18H2,(H,32,38). The van der Waals surface area contributed by atoms with Crippen molar-refractivity contribution in [2.24, 2.45) is 0 Å². The molecule has 0 spiro atoms. The molecule has 0 fully saturated rings. The van der Waals surface area contributed by atoms with Gasteiger partial charge in [0.15, 0.2) is 11.6 Å². The van der Waals surface area contributed by atoms with Gasteiger partial charge in [-0.1, -0.05) is 42.5 Å². The van der Waals surface area contributed by atoms with Crippen LogP contribution in [0.25, 0.3) is 5.69 Å². The number of hydrogen-bond donors (Lipinski definition) is 1. The van der Waals surface area contributed by atoms with Crippen molar-refractivity contribution in [3.63, 3.8) is 0 Å². The van der Waals surface area contributed by atoms with Crippen molar-refractivity contribution < 1.29 is 13.6 Å². The molecule has 2 amide bonds. The number of benzene rings is 3. The molecule has 4 aromatic rings. The molecular formula is C29H25F2N5O2. The first-order chi connectivity index (χ1) is 18.5. The quantitative estimate of drug-likeness (QED) is 0.433. The highest BCUT2D eigenvalue weighted by molar-refractivity contribution is 5.89. The van der Waals surface area contributed by atoms with E-state index in [1.807, 2.05) is 42.5 Å². The van der Waals surface area contributed by atoms with Gasteiger partial charge in [-0.05, 0) is 41.8 Å². The highest BCUT2D eigenvalue weighted by Crippen LogP contribution is 2.27. The Hall–Kier alpha value is -4.53. The van der Waals surface area contributed by atoms with Crippen LogP contribution in [0.15, 0.2) is 77.6 Å². The monoisotopic (exact) mass is 513 g/mol. The van der Waals surface area contributed by atoms with Crippen LogP contribution in [-0.2, 0) is 25.9 Å². The molecule has 1 aromatic heterocycles. The van der Waals surface area contributed by atoms with Crippen molar-refractivity contribution in [3.8, 4) is 5.69 Å². The Balaban J connectivity index is 1.35. The van der Waals surface area contributed by atoms with E-state index in [1.165, 1.54) is 22.1 Å². The molecule has 1 N–H and O–H groups in total. The fraction of sp³-hybridized carbons (Fsp3) is 0.207. The van der Waals surface area contributed by atoms with E-state index >= 15 is 0 Å². The summed E-state index contributed by atoms with van der Waals surface area (Å²) in [5.74, 6) is -1.45. The molecule has 192 valence electrons. The summed E-state index contributed by atoms with van der Waals surface area (Å²) in [6, 6.07) is 20.4. The first-order valence-corrected chi connectivity index (χ1v) is 12.5. The summed E-state index contributed by atoms with van der Waals surface area (Å²) in [4.78, 5) is 35.5. The summed E-state index contributed by atoms with van der Waals surface area (Å²) in [5, 5.41) is 2.59. The Kier molecular flexibility index (Phi) is 6.11. The van der Waals surface area contributed by atoms with Crippen molar-refractivity contribution in [2.75, 3.05) is 23.3 Å². The average Bonchev–Trinajstić information content (AvgIpc) is 2.95. The van der Waals surface area contributed by atoms with Crippen LogP contribution in [0.2, 0.25) is 0 Å². The number of halogens is 2. The number of para-hydroxylation sites is 1. The van der Waals surface area contributed by atoms with Crippen LogP contribution in [0.3, 0.4) is 0 Å². The lowest BCUT2D eigenvalue weighted by Gasteiger charge is -2.34. The number of amides is 2. The molecule has 2 aliphatic heterocycles. The molecular weight excluding hydrogens is 488 g/mol. The fourth-order valence-electron chi connectivity index (χ4n) is 5.10. The second-order valence-corrected chi connectivity index (χ2v) is 9.48. The van der Waals surface area contributed by atoms with Crippen molar-refractivity contribution in [2.45, 2.75) is 25.9 Å². The van der Waals surface area contributed by atoms with Gasteiger partial charge in [0, 0.05) is 37.8 Å². The highest BCUT2D eigenvalue weighted by Gasteiger charge is 2.29. The van der Waals surface area contributed by atoms with Gasteiger partial charge >= 0.3 is 6.03 Å². The van der Waals surface area contributed by atoms with Crippen LogP contribution in [0.4, 0.5) is 25.2 Å². The van der Waals surface area contributed by atoms with Crippen molar-refractivity contribution in [1.82, 2.24) is 14.5 Å². The molecule has 3 aromatic carbocycles. The van der Waals surface area contributed by atoms with Gasteiger partial charge in [-0.25, -0.2) is 23.1 Å². The number of anilines is 2. The van der Waals surface area contributed by atoms with E-state index < -0.39 is 17.7 Å². The third kappa shape index (κ3) is 4.40. The van der Waals surface area contributed by atoms with Crippen LogP contribution in [0, 0.1) is 11.6 Å². The zero-order valence-corrected chi connectivity index (χ0v) is 20.5. The minimum absolute atomic E-state index is 0.0621. The Morgan fingerprint density at radius 3 is 2.39 bits per heavy atom. The van der Waals surface area contributed by atoms with E-state index in [4.69, 9.17) is 4.98 Å². The molecule has 0 bridgehead atoms. The third-order valence-corrected chi connectivity index (χ3v) is 7.10. The zero-order chi connectivity index (χ0) is 26.2. The van der Waals surface area contributed by atoms with Crippen molar-refractivity contribution in [3.05, 3.63) is 117 Å². The van der Waals surface area contributed by atoms with Crippen LogP contribution >= 0.6 is 0 Å². The summed E-state index contributed by atoms with van der Waals surface area (Å²) < 4.78 is 28.5. The lowest BCUT2D eigenvalue weighted by atomic mass is 10.00. The average molecular weight is 514 g/mol. The Labute approximate surface area is 218 Å². The number of nitrogens with one attached hydrogen (secondary N) is 1. The van der Waals surface area contributed by atoms with E-state index in [0.717, 1.165) is 25.1 Å². The number of rotatable bonds is 3. The molecule has 2 aliphatic rings. The van der Waals surface area contributed by atoms with E-state index in [0.29, 0.717) is 42.4 Å². The van der Waals surface area contributed by atoms with Gasteiger partial charge in [0.2, 0.25) is 5.95 Å². The van der Waals surface area contributed by atoms with E-state index in [2.05, 4.69) is 22.3 Å². The Morgan fingerprint density at radius 1 is 0.842 bits per heavy atom. The minimum Gasteiger partial charge on any atom is -0.337 e. The first kappa shape index (κ1) is 23.8. The number of carbonyl (C=O) groups excluding carboxylic acids is 1. The lowest BCUT2D eigenvalue weighted by molar-refractivity contribution is 0.205. The molecule has 0 saturated heterocycles. The summed E-state index contributed by atoms with van der Waals surface area (Å²) in [5.41, 5.74) is 4.25. The van der Waals surface area contributed by atoms with Crippen molar-refractivity contribution >= 4 is 17.7 Å². The van der Waals surface area contributed by atoms with Crippen LogP contribution in [0.1, 0.15) is 22.4 Å². The van der Waals surface area contributed by atoms with E-state index in [9.17, 15) is 18.4 Å². The second kappa shape index (κ2) is 9.74. The van der Waals surface area contributed by atoms with Gasteiger partial charge in [0.05, 0.1) is 23.5 Å². The molecule has 6 rings (SSSR count). The van der Waals surface area contributed by atoms with Gasteiger partial charge in [-0.2, -0.15) is 0 Å². The maximum absolute atomic E-state index is 14.0. The molecule has 9 heteroatoms. The SMILES string of the molecule is O=C(Nc1ccc(F)c(F)c1)N1CCc2nc(N3CCc4ccccc4C3)n(-c3ccccc3)c(=O)c2C1. The predicted octanol–water partition coefficient (Wildman–Crippen LogP) is 4.66. The molecule has 0 radical (unpaired) electrons. The maximum atomic E-state index is 14.0. The molecule has 0 aliphatic carbocycles. The third-order valence-electron chi connectivity index (χ3n) is 7.10. The maximum Gasteiger partial charge on any atom is 0.322 e. The van der Waals surface area contributed by atoms with Gasteiger partial charge < -0.3 is 15.1 Å². The fourth-order valence-corrected chi connectivity index (χ4v) is 5.10. The molecule has 0 atom stereocenters. The number of fused-ring (bicyclic) bond motifs is 2. The highest BCUT2D eigenvalue weighted by atomic mass is 19.2. The number of nitrogens with zero attached hydrogens (tertiary/aromatic N) is 4. The zero-order valence-electron chi connectivity index (χ0n) is 20.5. The van der Waals surface area contributed by atoms with Gasteiger partial charge in [0.25, 0.3) is 5.56 Å². The lowest BCUT2D eigenvalue weighted by Crippen LogP contribution is -2.44. The van der Waals surface area contributed by atoms with E-state index in [1.54, 1.807) is 4.57 Å². The smallest absolute Gasteiger partial charge is 0.322 e. The van der Waals surface area contributed by atoms with Gasteiger partial charge in [-0.3, -0.25) is 4.79 Å². The normalized spacial score (nSPS) is 14.6. The van der Waals surface area contributed by atoms with Crippen LogP contribution in [0.5, 0.6) is 0 Å². The first-order valence-electron chi connectivity index (χ1n) is 12.5.